The van der Waals surface area contributed by atoms with Crippen LogP contribution >= 0.6 is 0 Å². The van der Waals surface area contributed by atoms with Crippen molar-refractivity contribution in [3.63, 3.8) is 0 Å². The zero-order valence-corrected chi connectivity index (χ0v) is 8.68. The van der Waals surface area contributed by atoms with Crippen molar-refractivity contribution in [2.45, 2.75) is 0 Å². The standard InChI is InChI=1S/C6H14N2.Y/c1-3-8(4-2)6-5-7;/h1-7H2;/q-2;. The van der Waals surface area contributed by atoms with Gasteiger partial charge in [0.15, 0.2) is 0 Å². The third-order valence-electron chi connectivity index (χ3n) is 1.08. The van der Waals surface area contributed by atoms with Crippen LogP contribution in [0.25, 0.3) is 0 Å². The molecule has 2 N–H and O–H groups in total. The third-order valence-corrected chi connectivity index (χ3v) is 1.08. The minimum atomic E-state index is 0. The molecule has 0 aliphatic carbocycles. The van der Waals surface area contributed by atoms with Crippen LogP contribution in [-0.2, 0) is 32.7 Å². The molecule has 0 aromatic carbocycles. The Balaban J connectivity index is 0. The smallest absolute Gasteiger partial charge is 0.00509 e. The van der Waals surface area contributed by atoms with Crippen LogP contribution in [0.3, 0.4) is 0 Å². The van der Waals surface area contributed by atoms with Gasteiger partial charge in [-0.25, -0.2) is 0 Å². The van der Waals surface area contributed by atoms with Crippen molar-refractivity contribution >= 4 is 0 Å². The van der Waals surface area contributed by atoms with E-state index in [1.54, 1.807) is 0 Å². The van der Waals surface area contributed by atoms with Crippen molar-refractivity contribution in [2.75, 3.05) is 26.2 Å². The van der Waals surface area contributed by atoms with Crippen LogP contribution < -0.4 is 5.73 Å². The SMILES string of the molecule is [CH2-]CN(C[CH2-])CCN.[Y]. The average molecular weight is 203 g/mol. The molecule has 0 atom stereocenters. The maximum atomic E-state index is 5.28. The van der Waals surface area contributed by atoms with Crippen LogP contribution in [0.15, 0.2) is 0 Å². The minimum absolute atomic E-state index is 0. The Labute approximate surface area is 83.0 Å². The van der Waals surface area contributed by atoms with E-state index in [1.807, 2.05) is 0 Å². The van der Waals surface area contributed by atoms with Gasteiger partial charge in [0.1, 0.15) is 0 Å². The van der Waals surface area contributed by atoms with E-state index >= 15 is 0 Å². The van der Waals surface area contributed by atoms with Gasteiger partial charge in [-0.2, -0.15) is 0 Å². The number of hydrogen-bond acceptors (Lipinski definition) is 2. The first-order valence-electron chi connectivity index (χ1n) is 2.86. The van der Waals surface area contributed by atoms with E-state index in [0.717, 1.165) is 19.6 Å². The largest absolute Gasteiger partial charge is 0.362 e. The molecule has 2 nitrogen and oxygen atoms in total. The normalized spacial score (nSPS) is 9.33. The first kappa shape index (κ1) is 12.7. The molecule has 0 aliphatic rings. The molecule has 0 aromatic heterocycles. The Morgan fingerprint density at radius 1 is 1.22 bits per heavy atom. The van der Waals surface area contributed by atoms with Crippen LogP contribution in [0.4, 0.5) is 0 Å². The molecular weight excluding hydrogens is 189 g/mol. The minimum Gasteiger partial charge on any atom is -0.362 e. The van der Waals surface area contributed by atoms with Crippen LogP contribution in [0.5, 0.6) is 0 Å². The molecule has 0 fully saturated rings. The monoisotopic (exact) mass is 203 g/mol. The van der Waals surface area contributed by atoms with E-state index in [4.69, 9.17) is 5.73 Å². The van der Waals surface area contributed by atoms with Gasteiger partial charge in [-0.05, 0) is 0 Å². The van der Waals surface area contributed by atoms with Gasteiger partial charge in [0.05, 0.1) is 0 Å². The summed E-state index contributed by atoms with van der Waals surface area (Å²) in [5, 5.41) is 0. The van der Waals surface area contributed by atoms with Gasteiger partial charge in [0.25, 0.3) is 0 Å². The molecule has 3 heteroatoms. The van der Waals surface area contributed by atoms with E-state index in [0.29, 0.717) is 6.54 Å². The van der Waals surface area contributed by atoms with E-state index in [1.165, 1.54) is 0 Å². The summed E-state index contributed by atoms with van der Waals surface area (Å²) in [6, 6.07) is 0. The maximum Gasteiger partial charge on any atom is 0.00509 e. The molecule has 0 aromatic rings. The third kappa shape index (κ3) is 6.91. The second-order valence-electron chi connectivity index (χ2n) is 1.63. The number of rotatable bonds is 4. The van der Waals surface area contributed by atoms with Gasteiger partial charge < -0.3 is 24.5 Å². The topological polar surface area (TPSA) is 29.3 Å². The first-order valence-corrected chi connectivity index (χ1v) is 2.86. The molecule has 9 heavy (non-hydrogen) atoms. The molecule has 0 heterocycles. The van der Waals surface area contributed by atoms with Crippen molar-refractivity contribution in [1.82, 2.24) is 4.90 Å². The van der Waals surface area contributed by atoms with Crippen LogP contribution in [0.1, 0.15) is 0 Å². The summed E-state index contributed by atoms with van der Waals surface area (Å²) in [6.45, 7) is 10.6. The molecule has 0 rings (SSSR count). The zero-order chi connectivity index (χ0) is 6.41. The van der Waals surface area contributed by atoms with Gasteiger partial charge in [-0.1, -0.05) is 0 Å². The van der Waals surface area contributed by atoms with Gasteiger partial charge in [-0.15, -0.1) is 13.1 Å². The summed E-state index contributed by atoms with van der Waals surface area (Å²) in [4.78, 5) is 2.08. The van der Waals surface area contributed by atoms with Crippen molar-refractivity contribution in [2.24, 2.45) is 5.73 Å². The summed E-state index contributed by atoms with van der Waals surface area (Å²) < 4.78 is 0. The van der Waals surface area contributed by atoms with Gasteiger partial charge in [-0.3, -0.25) is 0 Å². The van der Waals surface area contributed by atoms with Crippen molar-refractivity contribution < 1.29 is 32.7 Å². The Morgan fingerprint density at radius 3 is 1.78 bits per heavy atom. The van der Waals surface area contributed by atoms with Crippen LogP contribution in [0, 0.1) is 13.8 Å². The fourth-order valence-corrected chi connectivity index (χ4v) is 0.518. The maximum absolute atomic E-state index is 5.28. The number of nitrogens with two attached hydrogens (primary N) is 1. The Morgan fingerprint density at radius 2 is 1.67 bits per heavy atom. The van der Waals surface area contributed by atoms with Gasteiger partial charge >= 0.3 is 0 Å². The number of hydrogen-bond donors (Lipinski definition) is 1. The van der Waals surface area contributed by atoms with E-state index in [9.17, 15) is 0 Å². The molecule has 0 aliphatic heterocycles. The van der Waals surface area contributed by atoms with Gasteiger partial charge in [0.2, 0.25) is 0 Å². The molecule has 0 bridgehead atoms. The molecule has 0 spiro atoms. The second-order valence-corrected chi connectivity index (χ2v) is 1.63. The zero-order valence-electron chi connectivity index (χ0n) is 5.84. The molecule has 1 radical (unpaired) electrons. The summed E-state index contributed by atoms with van der Waals surface area (Å²) in [7, 11) is 0. The molecule has 0 saturated heterocycles. The summed E-state index contributed by atoms with van der Waals surface area (Å²) >= 11 is 0. The quantitative estimate of drug-likeness (QED) is 0.647. The molecule has 0 unspecified atom stereocenters. The molecule has 0 saturated carbocycles. The first-order chi connectivity index (χ1) is 3.85. The van der Waals surface area contributed by atoms with Crippen LogP contribution in [0.2, 0.25) is 0 Å². The number of nitrogens with zero attached hydrogens (tertiary/aromatic N) is 1. The summed E-state index contributed by atoms with van der Waals surface area (Å²) in [6.07, 6.45) is 0. The van der Waals surface area contributed by atoms with Crippen LogP contribution in [-0.4, -0.2) is 31.1 Å². The fraction of sp³-hybridized carbons (Fsp3) is 0.667. The summed E-state index contributed by atoms with van der Waals surface area (Å²) in [5.41, 5.74) is 5.28. The average Bonchev–Trinajstić information content (AvgIpc) is 1.83. The molecular formula is C6H14N2Y-2. The Hall–Kier alpha value is 1.02. The predicted octanol–water partition coefficient (Wildman–Crippen LogP) is -0.0872. The fourth-order valence-electron chi connectivity index (χ4n) is 0.518. The van der Waals surface area contributed by atoms with Crippen molar-refractivity contribution in [1.29, 1.82) is 0 Å². The van der Waals surface area contributed by atoms with Crippen molar-refractivity contribution in [3.05, 3.63) is 13.8 Å². The van der Waals surface area contributed by atoms with E-state index in [-0.39, 0.29) is 32.7 Å². The Kier molecular flexibility index (Phi) is 12.7. The molecule has 53 valence electrons. The summed E-state index contributed by atoms with van der Waals surface area (Å²) in [5.74, 6) is 0. The van der Waals surface area contributed by atoms with E-state index < -0.39 is 0 Å². The Bertz CT molecular complexity index is 46.3. The second kappa shape index (κ2) is 9.02. The van der Waals surface area contributed by atoms with Gasteiger partial charge in [0, 0.05) is 45.8 Å². The predicted molar refractivity (Wildman–Crippen MR) is 36.2 cm³/mol. The van der Waals surface area contributed by atoms with Crippen molar-refractivity contribution in [3.8, 4) is 0 Å². The van der Waals surface area contributed by atoms with E-state index in [2.05, 4.69) is 18.7 Å². The molecule has 0 amide bonds.